The van der Waals surface area contributed by atoms with E-state index in [1.165, 1.54) is 0 Å². The summed E-state index contributed by atoms with van der Waals surface area (Å²) in [7, 11) is 0. The molecule has 0 spiro atoms. The van der Waals surface area contributed by atoms with E-state index in [-0.39, 0.29) is 5.91 Å². The molecule has 1 amide bonds. The summed E-state index contributed by atoms with van der Waals surface area (Å²) in [4.78, 5) is 14.2. The molecule has 1 fully saturated rings. The SMILES string of the molecule is CC1CN(C(=O)C(C#N)c2ccccc2)CC1C. The molecule has 18 heavy (non-hydrogen) atoms. The van der Waals surface area contributed by atoms with Gasteiger partial charge in [0.05, 0.1) is 6.07 Å². The van der Waals surface area contributed by atoms with Crippen molar-refractivity contribution in [1.82, 2.24) is 4.90 Å². The third kappa shape index (κ3) is 2.38. The lowest BCUT2D eigenvalue weighted by atomic mass is 9.99. The lowest BCUT2D eigenvalue weighted by Crippen LogP contribution is -2.33. The van der Waals surface area contributed by atoms with Gasteiger partial charge in [-0.1, -0.05) is 44.2 Å². The molecule has 1 aromatic carbocycles. The first-order valence-electron chi connectivity index (χ1n) is 6.37. The number of carbonyl (C=O) groups excluding carboxylic acids is 1. The molecular formula is C15H18N2O. The second-order valence-corrected chi connectivity index (χ2v) is 5.17. The van der Waals surface area contributed by atoms with Crippen LogP contribution in [0.4, 0.5) is 0 Å². The Morgan fingerprint density at radius 1 is 1.28 bits per heavy atom. The quantitative estimate of drug-likeness (QED) is 0.799. The minimum atomic E-state index is -0.663. The standard InChI is InChI=1S/C15H18N2O/c1-11-9-17(10-12(11)2)15(18)14(8-16)13-6-4-3-5-7-13/h3-7,11-12,14H,9-10H2,1-2H3. The number of nitrogens with zero attached hydrogens (tertiary/aromatic N) is 2. The molecule has 1 aliphatic rings. The van der Waals surface area contributed by atoms with Gasteiger partial charge in [0.1, 0.15) is 5.92 Å². The molecule has 1 aliphatic heterocycles. The Labute approximate surface area is 108 Å². The summed E-state index contributed by atoms with van der Waals surface area (Å²) in [6.45, 7) is 5.85. The normalized spacial score (nSPS) is 24.6. The van der Waals surface area contributed by atoms with E-state index in [2.05, 4.69) is 19.9 Å². The van der Waals surface area contributed by atoms with Gasteiger partial charge in [0.15, 0.2) is 0 Å². The maximum Gasteiger partial charge on any atom is 0.244 e. The number of nitriles is 1. The van der Waals surface area contributed by atoms with E-state index in [0.717, 1.165) is 18.7 Å². The fourth-order valence-electron chi connectivity index (χ4n) is 2.41. The zero-order valence-corrected chi connectivity index (χ0v) is 10.8. The zero-order chi connectivity index (χ0) is 13.1. The molecule has 0 aromatic heterocycles. The maximum atomic E-state index is 12.4. The van der Waals surface area contributed by atoms with Crippen LogP contribution in [0, 0.1) is 23.2 Å². The average molecular weight is 242 g/mol. The van der Waals surface area contributed by atoms with Gasteiger partial charge in [0.25, 0.3) is 0 Å². The molecular weight excluding hydrogens is 224 g/mol. The minimum absolute atomic E-state index is 0.0556. The van der Waals surface area contributed by atoms with E-state index in [0.29, 0.717) is 11.8 Å². The van der Waals surface area contributed by atoms with Crippen molar-refractivity contribution in [2.24, 2.45) is 11.8 Å². The second-order valence-electron chi connectivity index (χ2n) is 5.17. The third-order valence-corrected chi connectivity index (χ3v) is 3.81. The predicted molar refractivity (Wildman–Crippen MR) is 69.7 cm³/mol. The molecule has 0 aliphatic carbocycles. The molecule has 1 saturated heterocycles. The number of benzene rings is 1. The molecule has 94 valence electrons. The van der Waals surface area contributed by atoms with Gasteiger partial charge in [-0.25, -0.2) is 0 Å². The number of likely N-dealkylation sites (tertiary alicyclic amines) is 1. The summed E-state index contributed by atoms with van der Waals surface area (Å²) in [5, 5.41) is 9.24. The summed E-state index contributed by atoms with van der Waals surface area (Å²) in [6, 6.07) is 11.4. The lowest BCUT2D eigenvalue weighted by molar-refractivity contribution is -0.130. The number of rotatable bonds is 2. The summed E-state index contributed by atoms with van der Waals surface area (Å²) >= 11 is 0. The molecule has 2 rings (SSSR count). The summed E-state index contributed by atoms with van der Waals surface area (Å²) < 4.78 is 0. The predicted octanol–water partition coefficient (Wildman–Crippen LogP) is 2.41. The van der Waals surface area contributed by atoms with E-state index in [1.807, 2.05) is 35.2 Å². The van der Waals surface area contributed by atoms with Crippen LogP contribution >= 0.6 is 0 Å². The van der Waals surface area contributed by atoms with Gasteiger partial charge in [-0.2, -0.15) is 5.26 Å². The summed E-state index contributed by atoms with van der Waals surface area (Å²) in [5.41, 5.74) is 0.789. The van der Waals surface area contributed by atoms with Crippen LogP contribution in [0.25, 0.3) is 0 Å². The average Bonchev–Trinajstić information content (AvgIpc) is 2.72. The van der Waals surface area contributed by atoms with Crippen molar-refractivity contribution < 1.29 is 4.79 Å². The fraction of sp³-hybridized carbons (Fsp3) is 0.467. The Balaban J connectivity index is 2.15. The van der Waals surface area contributed by atoms with Gasteiger partial charge in [0, 0.05) is 13.1 Å². The van der Waals surface area contributed by atoms with Crippen molar-refractivity contribution in [3.05, 3.63) is 35.9 Å². The Bertz CT molecular complexity index is 453. The van der Waals surface area contributed by atoms with Crippen molar-refractivity contribution in [2.75, 3.05) is 13.1 Å². The van der Waals surface area contributed by atoms with E-state index in [1.54, 1.807) is 0 Å². The van der Waals surface area contributed by atoms with Gasteiger partial charge < -0.3 is 4.90 Å². The molecule has 3 atom stereocenters. The van der Waals surface area contributed by atoms with E-state index in [4.69, 9.17) is 0 Å². The first kappa shape index (κ1) is 12.6. The van der Waals surface area contributed by atoms with E-state index in [9.17, 15) is 10.1 Å². The molecule has 0 radical (unpaired) electrons. The minimum Gasteiger partial charge on any atom is -0.341 e. The second kappa shape index (κ2) is 5.22. The van der Waals surface area contributed by atoms with Crippen LogP contribution < -0.4 is 0 Å². The molecule has 1 aromatic rings. The fourth-order valence-corrected chi connectivity index (χ4v) is 2.41. The van der Waals surface area contributed by atoms with Crippen LogP contribution in [-0.2, 0) is 4.79 Å². The molecule has 0 N–H and O–H groups in total. The molecule has 3 nitrogen and oxygen atoms in total. The van der Waals surface area contributed by atoms with Crippen LogP contribution in [0.3, 0.4) is 0 Å². The topological polar surface area (TPSA) is 44.1 Å². The number of amides is 1. The Morgan fingerprint density at radius 2 is 1.83 bits per heavy atom. The molecule has 3 heteroatoms. The molecule has 3 unspecified atom stereocenters. The van der Waals surface area contributed by atoms with Crippen LogP contribution in [0.5, 0.6) is 0 Å². The summed E-state index contributed by atoms with van der Waals surface area (Å²) in [6.07, 6.45) is 0. The zero-order valence-electron chi connectivity index (χ0n) is 10.8. The van der Waals surface area contributed by atoms with E-state index >= 15 is 0 Å². The van der Waals surface area contributed by atoms with Crippen LogP contribution in [0.1, 0.15) is 25.3 Å². The Hall–Kier alpha value is -1.82. The van der Waals surface area contributed by atoms with Crippen molar-refractivity contribution in [3.8, 4) is 6.07 Å². The van der Waals surface area contributed by atoms with Gasteiger partial charge >= 0.3 is 0 Å². The van der Waals surface area contributed by atoms with Crippen molar-refractivity contribution in [2.45, 2.75) is 19.8 Å². The monoisotopic (exact) mass is 242 g/mol. The Kier molecular flexibility index (Phi) is 3.66. The van der Waals surface area contributed by atoms with Crippen molar-refractivity contribution in [3.63, 3.8) is 0 Å². The Morgan fingerprint density at radius 3 is 2.33 bits per heavy atom. The van der Waals surface area contributed by atoms with Crippen molar-refractivity contribution in [1.29, 1.82) is 5.26 Å². The molecule has 1 heterocycles. The number of hydrogen-bond donors (Lipinski definition) is 0. The van der Waals surface area contributed by atoms with Gasteiger partial charge in [-0.3, -0.25) is 4.79 Å². The molecule has 0 bridgehead atoms. The summed E-state index contributed by atoms with van der Waals surface area (Å²) in [5.74, 6) is 0.316. The maximum absolute atomic E-state index is 12.4. The molecule has 0 saturated carbocycles. The van der Waals surface area contributed by atoms with Crippen LogP contribution in [0.15, 0.2) is 30.3 Å². The van der Waals surface area contributed by atoms with Crippen LogP contribution in [-0.4, -0.2) is 23.9 Å². The highest BCUT2D eigenvalue weighted by Gasteiger charge is 2.33. The van der Waals surface area contributed by atoms with Crippen LogP contribution in [0.2, 0.25) is 0 Å². The first-order valence-corrected chi connectivity index (χ1v) is 6.37. The smallest absolute Gasteiger partial charge is 0.244 e. The highest BCUT2D eigenvalue weighted by Crippen LogP contribution is 2.26. The lowest BCUT2D eigenvalue weighted by Gasteiger charge is -2.19. The largest absolute Gasteiger partial charge is 0.341 e. The van der Waals surface area contributed by atoms with Gasteiger partial charge in [-0.15, -0.1) is 0 Å². The highest BCUT2D eigenvalue weighted by atomic mass is 16.2. The van der Waals surface area contributed by atoms with Crippen molar-refractivity contribution >= 4 is 5.91 Å². The van der Waals surface area contributed by atoms with Gasteiger partial charge in [0.2, 0.25) is 5.91 Å². The van der Waals surface area contributed by atoms with E-state index < -0.39 is 5.92 Å². The first-order chi connectivity index (χ1) is 8.63. The number of hydrogen-bond acceptors (Lipinski definition) is 2. The van der Waals surface area contributed by atoms with Gasteiger partial charge in [-0.05, 0) is 17.4 Å². The number of carbonyl (C=O) groups is 1. The highest BCUT2D eigenvalue weighted by molar-refractivity contribution is 5.86. The third-order valence-electron chi connectivity index (χ3n) is 3.81.